The quantitative estimate of drug-likeness (QED) is 0.415. The van der Waals surface area contributed by atoms with E-state index in [1.165, 1.54) is 11.8 Å². The van der Waals surface area contributed by atoms with E-state index in [0.717, 1.165) is 0 Å². The third-order valence-electron chi connectivity index (χ3n) is 1.61. The highest BCUT2D eigenvalue weighted by Crippen LogP contribution is 2.03. The summed E-state index contributed by atoms with van der Waals surface area (Å²) in [7, 11) is 3.40. The van der Waals surface area contributed by atoms with E-state index in [2.05, 4.69) is 10.3 Å². The molecule has 0 saturated carbocycles. The fourth-order valence-electron chi connectivity index (χ4n) is 0.820. The Morgan fingerprint density at radius 3 is 2.79 bits per heavy atom. The van der Waals surface area contributed by atoms with E-state index in [0.29, 0.717) is 18.1 Å². The van der Waals surface area contributed by atoms with E-state index < -0.39 is 0 Å². The molecule has 6 heteroatoms. The van der Waals surface area contributed by atoms with E-state index in [1.54, 1.807) is 25.2 Å². The Morgan fingerprint density at radius 2 is 2.36 bits per heavy atom. The highest BCUT2D eigenvalue weighted by atomic mass is 32.2. The van der Waals surface area contributed by atoms with Crippen molar-refractivity contribution in [3.05, 3.63) is 0 Å². The molecule has 0 heterocycles. The van der Waals surface area contributed by atoms with Crippen molar-refractivity contribution in [2.24, 2.45) is 4.99 Å². The lowest BCUT2D eigenvalue weighted by atomic mass is 10.4. The molecule has 78 valence electrons. The molecule has 0 aliphatic carbocycles. The van der Waals surface area contributed by atoms with Gasteiger partial charge in [-0.3, -0.25) is 4.79 Å². The summed E-state index contributed by atoms with van der Waals surface area (Å²) in [5, 5.41) is 11.5. The Kier molecular flexibility index (Phi) is 6.58. The van der Waals surface area contributed by atoms with Crippen molar-refractivity contribution in [1.29, 1.82) is 5.26 Å². The van der Waals surface area contributed by atoms with E-state index in [1.807, 2.05) is 6.26 Å². The highest BCUT2D eigenvalue weighted by molar-refractivity contribution is 8.13. The summed E-state index contributed by atoms with van der Waals surface area (Å²) in [4.78, 5) is 16.3. The van der Waals surface area contributed by atoms with Gasteiger partial charge in [-0.15, -0.1) is 4.99 Å². The molecule has 0 aromatic carbocycles. The summed E-state index contributed by atoms with van der Waals surface area (Å²) in [6, 6.07) is 0. The summed E-state index contributed by atoms with van der Waals surface area (Å²) in [5.74, 6) is -0.0192. The van der Waals surface area contributed by atoms with Crippen LogP contribution in [0.5, 0.6) is 0 Å². The smallest absolute Gasteiger partial charge is 0.221 e. The van der Waals surface area contributed by atoms with Crippen LogP contribution in [0.1, 0.15) is 6.42 Å². The van der Waals surface area contributed by atoms with Gasteiger partial charge in [0.25, 0.3) is 0 Å². The number of thioether (sulfide) groups is 1. The molecule has 1 amide bonds. The van der Waals surface area contributed by atoms with Crippen LogP contribution >= 0.6 is 11.8 Å². The van der Waals surface area contributed by atoms with Gasteiger partial charge in [0.1, 0.15) is 0 Å². The van der Waals surface area contributed by atoms with Crippen LogP contribution in [0.3, 0.4) is 0 Å². The van der Waals surface area contributed by atoms with E-state index >= 15 is 0 Å². The minimum Gasteiger partial charge on any atom is -0.359 e. The number of carbonyl (C=O) groups is 1. The summed E-state index contributed by atoms with van der Waals surface area (Å²) >= 11 is 1.38. The molecule has 0 rings (SSSR count). The van der Waals surface area contributed by atoms with Crippen molar-refractivity contribution in [2.45, 2.75) is 6.42 Å². The minimum atomic E-state index is -0.0192. The average Bonchev–Trinajstić information content (AvgIpc) is 2.21. The van der Waals surface area contributed by atoms with Gasteiger partial charge in [0, 0.05) is 27.1 Å². The third kappa shape index (κ3) is 4.72. The Balaban J connectivity index is 4.07. The largest absolute Gasteiger partial charge is 0.359 e. The SMILES string of the molecule is CNC(=O)CCN(C)C(=NC#N)SC. The second-order valence-electron chi connectivity index (χ2n) is 2.54. The van der Waals surface area contributed by atoms with Gasteiger partial charge in [0.15, 0.2) is 5.17 Å². The van der Waals surface area contributed by atoms with Gasteiger partial charge < -0.3 is 10.2 Å². The maximum Gasteiger partial charge on any atom is 0.221 e. The van der Waals surface area contributed by atoms with Gasteiger partial charge in [0.2, 0.25) is 12.1 Å². The predicted octanol–water partition coefficient (Wildman–Crippen LogP) is 0.254. The summed E-state index contributed by atoms with van der Waals surface area (Å²) in [6.07, 6.45) is 3.97. The zero-order valence-corrected chi connectivity index (χ0v) is 9.39. The van der Waals surface area contributed by atoms with E-state index in [9.17, 15) is 4.79 Å². The van der Waals surface area contributed by atoms with Crippen LogP contribution in [-0.4, -0.2) is 42.9 Å². The molecule has 0 aromatic heterocycles. The summed E-state index contributed by atoms with van der Waals surface area (Å²) in [5.41, 5.74) is 0. The van der Waals surface area contributed by atoms with Crippen molar-refractivity contribution in [1.82, 2.24) is 10.2 Å². The average molecular weight is 214 g/mol. The Labute approximate surface area is 88.2 Å². The lowest BCUT2D eigenvalue weighted by Crippen LogP contribution is -2.29. The molecule has 0 atom stereocenters. The van der Waals surface area contributed by atoms with Gasteiger partial charge in [-0.25, -0.2) is 0 Å². The Hall–Kier alpha value is -1.22. The van der Waals surface area contributed by atoms with Crippen molar-refractivity contribution < 1.29 is 4.79 Å². The molecule has 0 unspecified atom stereocenters. The first-order valence-corrected chi connectivity index (χ1v) is 5.30. The van der Waals surface area contributed by atoms with Crippen LogP contribution in [0.4, 0.5) is 0 Å². The zero-order valence-electron chi connectivity index (χ0n) is 8.57. The van der Waals surface area contributed by atoms with Crippen molar-refractivity contribution >= 4 is 22.8 Å². The first kappa shape index (κ1) is 12.8. The maximum absolute atomic E-state index is 10.9. The molecule has 0 saturated heterocycles. The molecular weight excluding hydrogens is 200 g/mol. The van der Waals surface area contributed by atoms with Crippen LogP contribution in [0.25, 0.3) is 0 Å². The lowest BCUT2D eigenvalue weighted by Gasteiger charge is -2.17. The number of carbonyl (C=O) groups excluding carboxylic acids is 1. The van der Waals surface area contributed by atoms with Crippen LogP contribution in [0.15, 0.2) is 4.99 Å². The number of hydrogen-bond donors (Lipinski definition) is 1. The zero-order chi connectivity index (χ0) is 11.0. The lowest BCUT2D eigenvalue weighted by molar-refractivity contribution is -0.120. The third-order valence-corrected chi connectivity index (χ3v) is 2.38. The molecule has 0 aliphatic heterocycles. The second-order valence-corrected chi connectivity index (χ2v) is 3.32. The molecular formula is C8H14N4OS. The number of amidine groups is 1. The van der Waals surface area contributed by atoms with Crippen molar-refractivity contribution in [3.8, 4) is 6.19 Å². The summed E-state index contributed by atoms with van der Waals surface area (Å²) in [6.45, 7) is 0.557. The van der Waals surface area contributed by atoms with Gasteiger partial charge >= 0.3 is 0 Å². The molecule has 1 N–H and O–H groups in total. The normalized spacial score (nSPS) is 10.6. The topological polar surface area (TPSA) is 68.5 Å². The monoisotopic (exact) mass is 214 g/mol. The van der Waals surface area contributed by atoms with Crippen LogP contribution in [0.2, 0.25) is 0 Å². The molecule has 0 radical (unpaired) electrons. The fourth-order valence-corrected chi connectivity index (χ4v) is 1.35. The first-order valence-electron chi connectivity index (χ1n) is 4.08. The Morgan fingerprint density at radius 1 is 1.71 bits per heavy atom. The van der Waals surface area contributed by atoms with E-state index in [4.69, 9.17) is 5.26 Å². The van der Waals surface area contributed by atoms with Crippen LogP contribution in [0, 0.1) is 11.5 Å². The van der Waals surface area contributed by atoms with Crippen molar-refractivity contribution in [3.63, 3.8) is 0 Å². The van der Waals surface area contributed by atoms with Crippen LogP contribution in [-0.2, 0) is 4.79 Å². The number of nitrogens with zero attached hydrogens (tertiary/aromatic N) is 3. The predicted molar refractivity (Wildman–Crippen MR) is 57.9 cm³/mol. The fraction of sp³-hybridized carbons (Fsp3) is 0.625. The van der Waals surface area contributed by atoms with Crippen LogP contribution < -0.4 is 5.32 Å². The van der Waals surface area contributed by atoms with Gasteiger partial charge in [-0.05, 0) is 6.26 Å². The van der Waals surface area contributed by atoms with Crippen molar-refractivity contribution in [2.75, 3.05) is 26.9 Å². The summed E-state index contributed by atoms with van der Waals surface area (Å²) < 4.78 is 0. The molecule has 0 aromatic rings. The first-order chi connectivity index (χ1) is 6.65. The number of aliphatic imine (C=N–C) groups is 1. The molecule has 14 heavy (non-hydrogen) atoms. The van der Waals surface area contributed by atoms with Gasteiger partial charge in [-0.2, -0.15) is 5.26 Å². The van der Waals surface area contributed by atoms with Gasteiger partial charge in [-0.1, -0.05) is 11.8 Å². The maximum atomic E-state index is 10.9. The van der Waals surface area contributed by atoms with E-state index in [-0.39, 0.29) is 5.91 Å². The number of hydrogen-bond acceptors (Lipinski definition) is 4. The van der Waals surface area contributed by atoms with Gasteiger partial charge in [0.05, 0.1) is 0 Å². The minimum absolute atomic E-state index is 0.0192. The second kappa shape index (κ2) is 7.21. The number of nitrogens with one attached hydrogen (secondary N) is 1. The number of nitriles is 1. The molecule has 0 aliphatic rings. The molecule has 0 fully saturated rings. The molecule has 0 spiro atoms. The molecule has 5 nitrogen and oxygen atoms in total. The number of amides is 1. The highest BCUT2D eigenvalue weighted by Gasteiger charge is 2.06. The standard InChI is InChI=1S/C8H14N4OS/c1-10-7(13)4-5-12(2)8(14-3)11-6-9/h4-5H2,1-3H3,(H,10,13). The Bertz CT molecular complexity index is 259. The number of rotatable bonds is 3. The molecule has 0 bridgehead atoms.